The second-order valence-corrected chi connectivity index (χ2v) is 6.79. The fourth-order valence-electron chi connectivity index (χ4n) is 2.69. The Hall–Kier alpha value is -0.930. The quantitative estimate of drug-likeness (QED) is 0.906. The Morgan fingerprint density at radius 1 is 1.42 bits per heavy atom. The summed E-state index contributed by atoms with van der Waals surface area (Å²) in [7, 11) is 0. The molecule has 1 saturated heterocycles. The van der Waals surface area contributed by atoms with Crippen molar-refractivity contribution in [1.82, 2.24) is 15.2 Å². The second-order valence-electron chi connectivity index (χ2n) is 6.79. The van der Waals surface area contributed by atoms with Crippen molar-refractivity contribution in [2.24, 2.45) is 5.92 Å². The van der Waals surface area contributed by atoms with E-state index in [-0.39, 0.29) is 5.54 Å². The molecule has 1 aromatic rings. The Balaban J connectivity index is 2.11. The van der Waals surface area contributed by atoms with Crippen LogP contribution in [0, 0.1) is 12.8 Å². The van der Waals surface area contributed by atoms with Crippen LogP contribution in [0.15, 0.2) is 18.5 Å². The van der Waals surface area contributed by atoms with Crippen LogP contribution < -0.4 is 5.32 Å². The van der Waals surface area contributed by atoms with Gasteiger partial charge in [-0.1, -0.05) is 19.9 Å². The van der Waals surface area contributed by atoms with E-state index < -0.39 is 0 Å². The zero-order valence-electron chi connectivity index (χ0n) is 12.9. The summed E-state index contributed by atoms with van der Waals surface area (Å²) in [4.78, 5) is 6.90. The predicted octanol–water partition coefficient (Wildman–Crippen LogP) is 2.60. The first-order valence-electron chi connectivity index (χ1n) is 7.27. The molecule has 1 aliphatic rings. The van der Waals surface area contributed by atoms with E-state index in [1.807, 2.05) is 12.4 Å². The second kappa shape index (κ2) is 5.59. The van der Waals surface area contributed by atoms with Crippen LogP contribution in [-0.4, -0.2) is 34.6 Å². The highest BCUT2D eigenvalue weighted by Gasteiger charge is 2.34. The van der Waals surface area contributed by atoms with E-state index in [2.05, 4.69) is 55.9 Å². The molecular weight excluding hydrogens is 234 g/mol. The molecule has 1 aliphatic heterocycles. The zero-order chi connectivity index (χ0) is 14.0. The lowest BCUT2D eigenvalue weighted by molar-refractivity contribution is 0.0474. The van der Waals surface area contributed by atoms with Gasteiger partial charge in [-0.2, -0.15) is 0 Å². The maximum absolute atomic E-state index is 4.31. The van der Waals surface area contributed by atoms with E-state index >= 15 is 0 Å². The molecule has 3 nitrogen and oxygen atoms in total. The van der Waals surface area contributed by atoms with Crippen LogP contribution >= 0.6 is 0 Å². The number of piperazine rings is 1. The Kier molecular flexibility index (Phi) is 4.26. The van der Waals surface area contributed by atoms with E-state index in [1.54, 1.807) is 0 Å². The number of aryl methyl sites for hydroxylation is 1. The summed E-state index contributed by atoms with van der Waals surface area (Å²) in [6.07, 6.45) is 3.92. The summed E-state index contributed by atoms with van der Waals surface area (Å²) in [6.45, 7) is 14.5. The highest BCUT2D eigenvalue weighted by atomic mass is 15.3. The normalized spacial score (nSPS) is 23.8. The molecule has 0 saturated carbocycles. The molecule has 1 unspecified atom stereocenters. The Bertz CT molecular complexity index is 426. The topological polar surface area (TPSA) is 28.2 Å². The van der Waals surface area contributed by atoms with Crippen molar-refractivity contribution in [2.45, 2.75) is 52.7 Å². The molecule has 2 rings (SSSR count). The highest BCUT2D eigenvalue weighted by Crippen LogP contribution is 2.23. The third-order valence-corrected chi connectivity index (χ3v) is 4.18. The molecule has 106 valence electrons. The number of rotatable bonds is 3. The lowest BCUT2D eigenvalue weighted by Crippen LogP contribution is -2.62. The molecule has 2 heterocycles. The molecule has 1 fully saturated rings. The monoisotopic (exact) mass is 261 g/mol. The van der Waals surface area contributed by atoms with Crippen molar-refractivity contribution >= 4 is 0 Å². The average Bonchev–Trinajstić information content (AvgIpc) is 2.31. The van der Waals surface area contributed by atoms with Gasteiger partial charge in [0.1, 0.15) is 0 Å². The minimum absolute atomic E-state index is 0.204. The summed E-state index contributed by atoms with van der Waals surface area (Å²) in [5.74, 6) is 0.675. The van der Waals surface area contributed by atoms with Gasteiger partial charge in [-0.3, -0.25) is 9.88 Å². The first-order valence-corrected chi connectivity index (χ1v) is 7.27. The maximum atomic E-state index is 4.31. The molecule has 0 bridgehead atoms. The molecule has 1 aromatic heterocycles. The number of nitrogens with zero attached hydrogens (tertiary/aromatic N) is 2. The summed E-state index contributed by atoms with van der Waals surface area (Å²) < 4.78 is 0. The molecular formula is C16H27N3. The predicted molar refractivity (Wildman–Crippen MR) is 80.1 cm³/mol. The van der Waals surface area contributed by atoms with Crippen molar-refractivity contribution < 1.29 is 0 Å². The van der Waals surface area contributed by atoms with Gasteiger partial charge in [-0.05, 0) is 37.8 Å². The van der Waals surface area contributed by atoms with Crippen LogP contribution in [-0.2, 0) is 6.54 Å². The van der Waals surface area contributed by atoms with Crippen LogP contribution in [0.4, 0.5) is 0 Å². The van der Waals surface area contributed by atoms with Crippen molar-refractivity contribution in [3.63, 3.8) is 0 Å². The molecule has 0 radical (unpaired) electrons. The highest BCUT2D eigenvalue weighted by molar-refractivity contribution is 5.17. The largest absolute Gasteiger partial charge is 0.311 e. The summed E-state index contributed by atoms with van der Waals surface area (Å²) in [5, 5.41) is 3.68. The number of pyridine rings is 1. The van der Waals surface area contributed by atoms with Crippen LogP contribution in [0.25, 0.3) is 0 Å². The van der Waals surface area contributed by atoms with Crippen molar-refractivity contribution in [1.29, 1.82) is 0 Å². The third-order valence-electron chi connectivity index (χ3n) is 4.18. The molecule has 3 heteroatoms. The minimum atomic E-state index is 0.204. The average molecular weight is 261 g/mol. The van der Waals surface area contributed by atoms with E-state index in [0.717, 1.165) is 19.6 Å². The van der Waals surface area contributed by atoms with Crippen LogP contribution in [0.5, 0.6) is 0 Å². The third kappa shape index (κ3) is 3.54. The van der Waals surface area contributed by atoms with Gasteiger partial charge >= 0.3 is 0 Å². The van der Waals surface area contributed by atoms with Gasteiger partial charge in [0.25, 0.3) is 0 Å². The van der Waals surface area contributed by atoms with E-state index in [0.29, 0.717) is 12.0 Å². The number of hydrogen-bond acceptors (Lipinski definition) is 3. The fraction of sp³-hybridized carbons (Fsp3) is 0.688. The Labute approximate surface area is 117 Å². The molecule has 0 aliphatic carbocycles. The van der Waals surface area contributed by atoms with E-state index in [4.69, 9.17) is 0 Å². The Morgan fingerprint density at radius 3 is 2.79 bits per heavy atom. The number of aromatic nitrogens is 1. The van der Waals surface area contributed by atoms with Gasteiger partial charge in [0.15, 0.2) is 0 Å². The van der Waals surface area contributed by atoms with Crippen LogP contribution in [0.2, 0.25) is 0 Å². The maximum Gasteiger partial charge on any atom is 0.0313 e. The van der Waals surface area contributed by atoms with Gasteiger partial charge in [0.05, 0.1) is 0 Å². The Morgan fingerprint density at radius 2 is 2.16 bits per heavy atom. The summed E-state index contributed by atoms with van der Waals surface area (Å²) in [6, 6.07) is 2.83. The summed E-state index contributed by atoms with van der Waals surface area (Å²) in [5.41, 5.74) is 2.76. The van der Waals surface area contributed by atoms with Gasteiger partial charge in [-0.25, -0.2) is 0 Å². The van der Waals surface area contributed by atoms with Crippen molar-refractivity contribution in [2.75, 3.05) is 13.1 Å². The molecule has 0 spiro atoms. The number of hydrogen-bond donors (Lipinski definition) is 1. The van der Waals surface area contributed by atoms with Gasteiger partial charge < -0.3 is 5.32 Å². The molecule has 1 N–H and O–H groups in total. The van der Waals surface area contributed by atoms with Crippen LogP contribution in [0.1, 0.15) is 38.8 Å². The van der Waals surface area contributed by atoms with Crippen molar-refractivity contribution in [3.8, 4) is 0 Å². The summed E-state index contributed by atoms with van der Waals surface area (Å²) >= 11 is 0. The van der Waals surface area contributed by atoms with E-state index in [9.17, 15) is 0 Å². The van der Waals surface area contributed by atoms with Gasteiger partial charge in [0.2, 0.25) is 0 Å². The standard InChI is InChI=1S/C16H27N3/c1-12(2)15-10-19(16(4,5)11-18-15)9-14-6-13(3)7-17-8-14/h6-8,12,15,18H,9-11H2,1-5H3. The lowest BCUT2D eigenvalue weighted by Gasteiger charge is -2.47. The molecule has 0 amide bonds. The van der Waals surface area contributed by atoms with Crippen LogP contribution in [0.3, 0.4) is 0 Å². The van der Waals surface area contributed by atoms with E-state index in [1.165, 1.54) is 11.1 Å². The molecule has 0 aromatic carbocycles. The minimum Gasteiger partial charge on any atom is -0.311 e. The first-order chi connectivity index (χ1) is 8.88. The lowest BCUT2D eigenvalue weighted by atomic mass is 9.92. The molecule has 1 atom stereocenters. The number of nitrogens with one attached hydrogen (secondary N) is 1. The van der Waals surface area contributed by atoms with Gasteiger partial charge in [0, 0.05) is 43.6 Å². The van der Waals surface area contributed by atoms with Crippen molar-refractivity contribution in [3.05, 3.63) is 29.6 Å². The first kappa shape index (κ1) is 14.5. The fourth-order valence-corrected chi connectivity index (χ4v) is 2.69. The SMILES string of the molecule is Cc1cncc(CN2CC(C(C)C)NCC2(C)C)c1. The van der Waals surface area contributed by atoms with Gasteiger partial charge in [-0.15, -0.1) is 0 Å². The zero-order valence-corrected chi connectivity index (χ0v) is 12.9. The smallest absolute Gasteiger partial charge is 0.0313 e. The molecule has 19 heavy (non-hydrogen) atoms.